The minimum atomic E-state index is -0.285. The number of thiazole rings is 1. The number of rotatable bonds is 3. The van der Waals surface area contributed by atoms with Gasteiger partial charge < -0.3 is 5.32 Å². The Balaban J connectivity index is 1.62. The zero-order valence-corrected chi connectivity index (χ0v) is 13.7. The number of carbonyl (C=O) groups excluding carboxylic acids is 1. The maximum Gasteiger partial charge on any atom is 0.263 e. The van der Waals surface area contributed by atoms with E-state index in [1.807, 2.05) is 35.6 Å². The van der Waals surface area contributed by atoms with Crippen LogP contribution in [0.1, 0.15) is 20.9 Å². The molecule has 4 nitrogen and oxygen atoms in total. The summed E-state index contributed by atoms with van der Waals surface area (Å²) in [6, 6.07) is 14.0. The van der Waals surface area contributed by atoms with Crippen molar-refractivity contribution in [2.75, 3.05) is 0 Å². The van der Waals surface area contributed by atoms with E-state index in [1.54, 1.807) is 12.1 Å². The quantitative estimate of drug-likeness (QED) is 0.615. The molecule has 0 aliphatic rings. The molecule has 120 valence electrons. The van der Waals surface area contributed by atoms with Gasteiger partial charge in [0.25, 0.3) is 5.91 Å². The molecule has 0 radical (unpaired) electrons. The Kier molecular flexibility index (Phi) is 3.54. The second-order valence-electron chi connectivity index (χ2n) is 5.54. The highest BCUT2D eigenvalue weighted by Gasteiger charge is 2.18. The predicted octanol–water partition coefficient (Wildman–Crippen LogP) is 3.93. The van der Waals surface area contributed by atoms with Crippen molar-refractivity contribution >= 4 is 33.2 Å². The fraction of sp³-hybridized carbons (Fsp3) is 0.111. The summed E-state index contributed by atoms with van der Waals surface area (Å²) in [6.07, 6.45) is 0. The summed E-state index contributed by atoms with van der Waals surface area (Å²) in [4.78, 5) is 18.5. The van der Waals surface area contributed by atoms with E-state index in [9.17, 15) is 9.18 Å². The molecule has 4 aromatic rings. The Morgan fingerprint density at radius 3 is 2.75 bits per heavy atom. The monoisotopic (exact) mass is 339 g/mol. The molecule has 2 aromatic heterocycles. The van der Waals surface area contributed by atoms with Crippen LogP contribution in [0.4, 0.5) is 4.39 Å². The summed E-state index contributed by atoms with van der Waals surface area (Å²) in [5.74, 6) is -0.427. The number of fused-ring (bicyclic) bond motifs is 3. The summed E-state index contributed by atoms with van der Waals surface area (Å²) in [7, 11) is 0. The number of aryl methyl sites for hydroxylation is 1. The van der Waals surface area contributed by atoms with Crippen LogP contribution in [0.15, 0.2) is 48.5 Å². The highest BCUT2D eigenvalue weighted by Crippen LogP contribution is 2.27. The summed E-state index contributed by atoms with van der Waals surface area (Å²) in [5.41, 5.74) is 3.65. The first-order chi connectivity index (χ1) is 11.6. The third-order valence-electron chi connectivity index (χ3n) is 3.96. The molecule has 6 heteroatoms. The lowest BCUT2D eigenvalue weighted by Gasteiger charge is -2.05. The van der Waals surface area contributed by atoms with Crippen molar-refractivity contribution in [3.05, 3.63) is 70.5 Å². The molecule has 1 N–H and O–H groups in total. The first-order valence-corrected chi connectivity index (χ1v) is 8.34. The van der Waals surface area contributed by atoms with Crippen LogP contribution in [-0.2, 0) is 6.54 Å². The molecule has 24 heavy (non-hydrogen) atoms. The van der Waals surface area contributed by atoms with Gasteiger partial charge in [-0.1, -0.05) is 35.6 Å². The van der Waals surface area contributed by atoms with Crippen molar-refractivity contribution in [1.82, 2.24) is 14.7 Å². The van der Waals surface area contributed by atoms with E-state index in [0.717, 1.165) is 27.3 Å². The molecular formula is C18H14FN3OS. The average Bonchev–Trinajstić information content (AvgIpc) is 3.11. The number of hydrogen-bond acceptors (Lipinski definition) is 3. The van der Waals surface area contributed by atoms with Gasteiger partial charge in [0.15, 0.2) is 4.96 Å². The van der Waals surface area contributed by atoms with Crippen molar-refractivity contribution in [2.24, 2.45) is 0 Å². The molecule has 0 bridgehead atoms. The number of amides is 1. The van der Waals surface area contributed by atoms with E-state index in [2.05, 4.69) is 10.3 Å². The fourth-order valence-corrected chi connectivity index (χ4v) is 3.80. The summed E-state index contributed by atoms with van der Waals surface area (Å²) in [5, 5.41) is 2.88. The minimum Gasteiger partial charge on any atom is -0.347 e. The van der Waals surface area contributed by atoms with Crippen LogP contribution < -0.4 is 5.32 Å². The van der Waals surface area contributed by atoms with Crippen molar-refractivity contribution in [2.45, 2.75) is 13.5 Å². The van der Waals surface area contributed by atoms with Gasteiger partial charge >= 0.3 is 0 Å². The SMILES string of the molecule is Cc1c(C(=O)NCc2ccc(F)cc2)sc2nc3ccccc3n12. The Bertz CT molecular complexity index is 1050. The van der Waals surface area contributed by atoms with Crippen LogP contribution in [0.25, 0.3) is 16.0 Å². The lowest BCUT2D eigenvalue weighted by atomic mass is 10.2. The van der Waals surface area contributed by atoms with Gasteiger partial charge in [-0.15, -0.1) is 0 Å². The molecule has 4 rings (SSSR count). The van der Waals surface area contributed by atoms with E-state index >= 15 is 0 Å². The topological polar surface area (TPSA) is 46.4 Å². The molecule has 0 fully saturated rings. The Labute approximate surface area is 141 Å². The Morgan fingerprint density at radius 1 is 1.21 bits per heavy atom. The predicted molar refractivity (Wildman–Crippen MR) is 92.9 cm³/mol. The molecule has 1 amide bonds. The van der Waals surface area contributed by atoms with Gasteiger partial charge in [-0.05, 0) is 36.8 Å². The smallest absolute Gasteiger partial charge is 0.263 e. The molecule has 0 saturated carbocycles. The average molecular weight is 339 g/mol. The van der Waals surface area contributed by atoms with Crippen molar-refractivity contribution in [3.63, 3.8) is 0 Å². The third-order valence-corrected chi connectivity index (χ3v) is 5.10. The van der Waals surface area contributed by atoms with Crippen LogP contribution in [0.2, 0.25) is 0 Å². The second kappa shape index (κ2) is 5.72. The molecular weight excluding hydrogens is 325 g/mol. The fourth-order valence-electron chi connectivity index (χ4n) is 2.74. The van der Waals surface area contributed by atoms with Crippen LogP contribution >= 0.6 is 11.3 Å². The number of para-hydroxylation sites is 2. The number of benzene rings is 2. The van der Waals surface area contributed by atoms with Crippen LogP contribution in [0, 0.1) is 12.7 Å². The van der Waals surface area contributed by atoms with E-state index in [1.165, 1.54) is 23.5 Å². The van der Waals surface area contributed by atoms with Gasteiger partial charge in [-0.2, -0.15) is 0 Å². The number of hydrogen-bond donors (Lipinski definition) is 1. The molecule has 2 aromatic carbocycles. The zero-order chi connectivity index (χ0) is 16.7. The maximum atomic E-state index is 12.9. The highest BCUT2D eigenvalue weighted by atomic mass is 32.1. The number of nitrogens with zero attached hydrogens (tertiary/aromatic N) is 2. The summed E-state index contributed by atoms with van der Waals surface area (Å²) in [6.45, 7) is 2.28. The van der Waals surface area contributed by atoms with E-state index in [0.29, 0.717) is 11.4 Å². The van der Waals surface area contributed by atoms with Gasteiger partial charge in [-0.25, -0.2) is 9.37 Å². The number of nitrogens with one attached hydrogen (secondary N) is 1. The largest absolute Gasteiger partial charge is 0.347 e. The molecule has 0 atom stereocenters. The first-order valence-electron chi connectivity index (χ1n) is 7.53. The van der Waals surface area contributed by atoms with Gasteiger partial charge in [0.1, 0.15) is 10.7 Å². The lowest BCUT2D eigenvalue weighted by Crippen LogP contribution is -2.22. The van der Waals surface area contributed by atoms with Gasteiger partial charge in [-0.3, -0.25) is 9.20 Å². The van der Waals surface area contributed by atoms with Crippen LogP contribution in [-0.4, -0.2) is 15.3 Å². The molecule has 0 aliphatic carbocycles. The van der Waals surface area contributed by atoms with Gasteiger partial charge in [0.2, 0.25) is 0 Å². The summed E-state index contributed by atoms with van der Waals surface area (Å²) >= 11 is 1.38. The van der Waals surface area contributed by atoms with E-state index in [4.69, 9.17) is 0 Å². The lowest BCUT2D eigenvalue weighted by molar-refractivity contribution is 0.0954. The maximum absolute atomic E-state index is 12.9. The van der Waals surface area contributed by atoms with Crippen molar-refractivity contribution in [3.8, 4) is 0 Å². The van der Waals surface area contributed by atoms with Crippen molar-refractivity contribution < 1.29 is 9.18 Å². The number of carbonyl (C=O) groups is 1. The Hall–Kier alpha value is -2.73. The summed E-state index contributed by atoms with van der Waals surface area (Å²) < 4.78 is 14.9. The Morgan fingerprint density at radius 2 is 1.96 bits per heavy atom. The number of aromatic nitrogens is 2. The van der Waals surface area contributed by atoms with Crippen LogP contribution in [0.5, 0.6) is 0 Å². The minimum absolute atomic E-state index is 0.142. The zero-order valence-electron chi connectivity index (χ0n) is 12.9. The standard InChI is InChI=1S/C18H14FN3OS/c1-11-16(17(23)20-10-12-6-8-13(19)9-7-12)24-18-21-14-4-2-3-5-15(14)22(11)18/h2-9H,10H2,1H3,(H,20,23). The number of halogens is 1. The van der Waals surface area contributed by atoms with Crippen molar-refractivity contribution in [1.29, 1.82) is 0 Å². The molecule has 0 unspecified atom stereocenters. The van der Waals surface area contributed by atoms with Gasteiger partial charge in [0, 0.05) is 12.2 Å². The van der Waals surface area contributed by atoms with E-state index < -0.39 is 0 Å². The third kappa shape index (κ3) is 2.45. The molecule has 0 saturated heterocycles. The highest BCUT2D eigenvalue weighted by molar-refractivity contribution is 7.19. The van der Waals surface area contributed by atoms with Crippen LogP contribution in [0.3, 0.4) is 0 Å². The molecule has 0 spiro atoms. The van der Waals surface area contributed by atoms with E-state index in [-0.39, 0.29) is 11.7 Å². The van der Waals surface area contributed by atoms with Gasteiger partial charge in [0.05, 0.1) is 11.0 Å². The normalized spacial score (nSPS) is 11.2. The second-order valence-corrected chi connectivity index (χ2v) is 6.52. The molecule has 2 heterocycles. The molecule has 0 aliphatic heterocycles. The number of imidazole rings is 1. The first kappa shape index (κ1) is 14.8.